The van der Waals surface area contributed by atoms with Crippen molar-refractivity contribution in [2.45, 2.75) is 26.2 Å². The first kappa shape index (κ1) is 23.4. The molecule has 0 spiro atoms. The maximum atomic E-state index is 12.7. The number of nitrogens with zero attached hydrogens (tertiary/aromatic N) is 1. The summed E-state index contributed by atoms with van der Waals surface area (Å²) in [5, 5.41) is 3.47. The maximum Gasteiger partial charge on any atom is 0.356 e. The number of benzene rings is 1. The number of likely N-dealkylation sites (tertiary alicyclic amines) is 1. The Morgan fingerprint density at radius 3 is 2.41 bits per heavy atom. The van der Waals surface area contributed by atoms with Gasteiger partial charge in [-0.05, 0) is 38.9 Å². The minimum atomic E-state index is -0.564. The lowest BCUT2D eigenvalue weighted by molar-refractivity contribution is -0.123. The summed E-state index contributed by atoms with van der Waals surface area (Å²) in [6.45, 7) is 3.91. The molecule has 10 nitrogen and oxygen atoms in total. The normalized spacial score (nSPS) is 14.8. The van der Waals surface area contributed by atoms with Gasteiger partial charge in [0, 0.05) is 30.3 Å². The van der Waals surface area contributed by atoms with Crippen molar-refractivity contribution in [3.8, 4) is 11.5 Å². The number of carbonyl (C=O) groups is 3. The van der Waals surface area contributed by atoms with Crippen LogP contribution < -0.4 is 20.5 Å². The van der Waals surface area contributed by atoms with Gasteiger partial charge >= 0.3 is 5.97 Å². The summed E-state index contributed by atoms with van der Waals surface area (Å²) >= 11 is 0. The van der Waals surface area contributed by atoms with Gasteiger partial charge in [-0.2, -0.15) is 0 Å². The maximum absolute atomic E-state index is 12.7. The zero-order valence-electron chi connectivity index (χ0n) is 18.7. The number of piperidine rings is 1. The standard InChI is InChI=1S/C22H30N4O6/c1-4-32-22(29)20-19(14-11-16(30-2)17(31-3)12-15(14)24-20)25-18(27)7-10-26-8-5-13(6-9-26)21(23)28/h11-13,24H,4-10H2,1-3H3,(H2,23,28)(H,25,27). The Balaban J connectivity index is 1.77. The van der Waals surface area contributed by atoms with Crippen LogP contribution in [0.25, 0.3) is 10.9 Å². The third-order valence-corrected chi connectivity index (χ3v) is 5.69. The molecule has 32 heavy (non-hydrogen) atoms. The molecule has 0 saturated carbocycles. The third-order valence-electron chi connectivity index (χ3n) is 5.69. The fourth-order valence-corrected chi connectivity index (χ4v) is 3.91. The number of aromatic amines is 1. The quantitative estimate of drug-likeness (QED) is 0.500. The molecule has 0 bridgehead atoms. The van der Waals surface area contributed by atoms with Gasteiger partial charge in [0.05, 0.1) is 32.0 Å². The molecule has 1 aromatic heterocycles. The second-order valence-corrected chi connectivity index (χ2v) is 7.66. The SMILES string of the molecule is CCOC(=O)c1[nH]c2cc(OC)c(OC)cc2c1NC(=O)CCN1CCC(C(N)=O)CC1. The van der Waals surface area contributed by atoms with Gasteiger partial charge in [0.25, 0.3) is 0 Å². The van der Waals surface area contributed by atoms with Crippen molar-refractivity contribution in [2.24, 2.45) is 11.7 Å². The number of aromatic nitrogens is 1. The van der Waals surface area contributed by atoms with E-state index < -0.39 is 5.97 Å². The molecule has 0 aliphatic carbocycles. The second-order valence-electron chi connectivity index (χ2n) is 7.66. The Labute approximate surface area is 186 Å². The van der Waals surface area contributed by atoms with E-state index in [1.165, 1.54) is 14.2 Å². The molecule has 1 aliphatic rings. The highest BCUT2D eigenvalue weighted by Gasteiger charge is 2.25. The number of rotatable bonds is 9. The summed E-state index contributed by atoms with van der Waals surface area (Å²) in [5.74, 6) is -0.185. The highest BCUT2D eigenvalue weighted by Crippen LogP contribution is 2.37. The van der Waals surface area contributed by atoms with E-state index in [2.05, 4.69) is 15.2 Å². The van der Waals surface area contributed by atoms with Crippen molar-refractivity contribution in [3.05, 3.63) is 17.8 Å². The lowest BCUT2D eigenvalue weighted by Gasteiger charge is -2.30. The molecule has 0 radical (unpaired) electrons. The number of esters is 1. The molecule has 1 fully saturated rings. The Hall–Kier alpha value is -3.27. The number of methoxy groups -OCH3 is 2. The molecule has 2 amide bonds. The Bertz CT molecular complexity index is 994. The number of ether oxygens (including phenoxy) is 3. The molecule has 174 valence electrons. The van der Waals surface area contributed by atoms with Gasteiger partial charge in [0.2, 0.25) is 11.8 Å². The predicted molar refractivity (Wildman–Crippen MR) is 119 cm³/mol. The van der Waals surface area contributed by atoms with Crippen LogP contribution in [-0.4, -0.2) is 68.1 Å². The number of nitrogens with one attached hydrogen (secondary N) is 2. The van der Waals surface area contributed by atoms with Gasteiger partial charge < -0.3 is 35.1 Å². The van der Waals surface area contributed by atoms with Gasteiger partial charge in [-0.1, -0.05) is 0 Å². The molecular formula is C22H30N4O6. The first-order valence-corrected chi connectivity index (χ1v) is 10.6. The highest BCUT2D eigenvalue weighted by atomic mass is 16.5. The lowest BCUT2D eigenvalue weighted by atomic mass is 9.96. The minimum Gasteiger partial charge on any atom is -0.493 e. The topological polar surface area (TPSA) is 136 Å². The number of hydrogen-bond donors (Lipinski definition) is 3. The molecule has 3 rings (SSSR count). The molecule has 0 atom stereocenters. The molecule has 4 N–H and O–H groups in total. The van der Waals surface area contributed by atoms with Crippen LogP contribution in [0.4, 0.5) is 5.69 Å². The fraction of sp³-hybridized carbons (Fsp3) is 0.500. The first-order valence-electron chi connectivity index (χ1n) is 10.6. The molecule has 10 heteroatoms. The molecule has 2 heterocycles. The number of nitrogens with two attached hydrogens (primary N) is 1. The number of hydrogen-bond acceptors (Lipinski definition) is 7. The minimum absolute atomic E-state index is 0.0922. The third kappa shape index (κ3) is 5.13. The fourth-order valence-electron chi connectivity index (χ4n) is 3.91. The molecule has 0 unspecified atom stereocenters. The van der Waals surface area contributed by atoms with Gasteiger partial charge in [0.1, 0.15) is 5.69 Å². The van der Waals surface area contributed by atoms with Crippen LogP contribution >= 0.6 is 0 Å². The van der Waals surface area contributed by atoms with Crippen molar-refractivity contribution in [3.63, 3.8) is 0 Å². The van der Waals surface area contributed by atoms with Crippen LogP contribution in [0.3, 0.4) is 0 Å². The average Bonchev–Trinajstić information content (AvgIpc) is 3.14. The van der Waals surface area contributed by atoms with Crippen LogP contribution in [-0.2, 0) is 14.3 Å². The second kappa shape index (κ2) is 10.4. The molecular weight excluding hydrogens is 416 g/mol. The zero-order valence-corrected chi connectivity index (χ0v) is 18.7. The lowest BCUT2D eigenvalue weighted by Crippen LogP contribution is -2.39. The summed E-state index contributed by atoms with van der Waals surface area (Å²) in [4.78, 5) is 41.7. The van der Waals surface area contributed by atoms with Gasteiger partial charge in [-0.15, -0.1) is 0 Å². The van der Waals surface area contributed by atoms with E-state index >= 15 is 0 Å². The largest absolute Gasteiger partial charge is 0.493 e. The Morgan fingerprint density at radius 1 is 1.16 bits per heavy atom. The van der Waals surface area contributed by atoms with Crippen molar-refractivity contribution >= 4 is 34.4 Å². The van der Waals surface area contributed by atoms with E-state index in [9.17, 15) is 14.4 Å². The van der Waals surface area contributed by atoms with Crippen LogP contribution in [0.15, 0.2) is 12.1 Å². The Kier molecular flexibility index (Phi) is 7.57. The molecule has 1 aromatic carbocycles. The number of primary amides is 1. The molecule has 1 saturated heterocycles. The van der Waals surface area contributed by atoms with E-state index in [1.807, 2.05) is 0 Å². The van der Waals surface area contributed by atoms with Crippen molar-refractivity contribution in [1.82, 2.24) is 9.88 Å². The number of amides is 2. The van der Waals surface area contributed by atoms with Crippen LogP contribution in [0.2, 0.25) is 0 Å². The summed E-state index contributed by atoms with van der Waals surface area (Å²) < 4.78 is 15.8. The summed E-state index contributed by atoms with van der Waals surface area (Å²) in [6.07, 6.45) is 1.64. The van der Waals surface area contributed by atoms with E-state index in [4.69, 9.17) is 19.9 Å². The number of carbonyl (C=O) groups excluding carboxylic acids is 3. The van der Waals surface area contributed by atoms with E-state index in [0.29, 0.717) is 47.5 Å². The highest BCUT2D eigenvalue weighted by molar-refractivity contribution is 6.11. The number of anilines is 1. The van der Waals surface area contributed by atoms with Crippen LogP contribution in [0.1, 0.15) is 36.7 Å². The summed E-state index contributed by atoms with van der Waals surface area (Å²) in [7, 11) is 3.04. The number of H-pyrrole nitrogens is 1. The smallest absolute Gasteiger partial charge is 0.356 e. The summed E-state index contributed by atoms with van der Waals surface area (Å²) in [5.41, 5.74) is 6.49. The molecule has 1 aliphatic heterocycles. The van der Waals surface area contributed by atoms with Crippen LogP contribution in [0, 0.1) is 5.92 Å². The van der Waals surface area contributed by atoms with Crippen molar-refractivity contribution < 1.29 is 28.6 Å². The monoisotopic (exact) mass is 446 g/mol. The summed E-state index contributed by atoms with van der Waals surface area (Å²) in [6, 6.07) is 3.41. The average molecular weight is 447 g/mol. The first-order chi connectivity index (χ1) is 15.4. The van der Waals surface area contributed by atoms with Gasteiger partial charge in [-0.25, -0.2) is 4.79 Å². The van der Waals surface area contributed by atoms with Crippen molar-refractivity contribution in [2.75, 3.05) is 45.8 Å². The zero-order chi connectivity index (χ0) is 23.3. The van der Waals surface area contributed by atoms with E-state index in [0.717, 1.165) is 13.1 Å². The van der Waals surface area contributed by atoms with Gasteiger partial charge in [0.15, 0.2) is 11.5 Å². The predicted octanol–water partition coefficient (Wildman–Crippen LogP) is 1.89. The van der Waals surface area contributed by atoms with Crippen LogP contribution in [0.5, 0.6) is 11.5 Å². The van der Waals surface area contributed by atoms with E-state index in [1.54, 1.807) is 19.1 Å². The van der Waals surface area contributed by atoms with Gasteiger partial charge in [-0.3, -0.25) is 9.59 Å². The van der Waals surface area contributed by atoms with E-state index in [-0.39, 0.29) is 36.5 Å². The Morgan fingerprint density at radius 2 is 1.81 bits per heavy atom. The molecule has 2 aromatic rings. The van der Waals surface area contributed by atoms with Crippen molar-refractivity contribution in [1.29, 1.82) is 0 Å². The number of fused-ring (bicyclic) bond motifs is 1.